The maximum atomic E-state index is 13.3. The summed E-state index contributed by atoms with van der Waals surface area (Å²) in [6, 6.07) is 4.48. The van der Waals surface area contributed by atoms with Crippen LogP contribution in [0.1, 0.15) is 0 Å². The molecule has 0 N–H and O–H groups in total. The van der Waals surface area contributed by atoms with Crippen molar-refractivity contribution < 1.29 is 9.13 Å². The van der Waals surface area contributed by atoms with E-state index in [1.807, 2.05) is 0 Å². The first-order valence-electron chi connectivity index (χ1n) is 4.36. The zero-order valence-corrected chi connectivity index (χ0v) is 10.4. The Kier molecular flexibility index (Phi) is 3.66. The summed E-state index contributed by atoms with van der Waals surface area (Å²) < 4.78 is 18.5. The van der Waals surface area contributed by atoms with Gasteiger partial charge in [-0.05, 0) is 29.8 Å². The fourth-order valence-corrected chi connectivity index (χ4v) is 1.73. The van der Waals surface area contributed by atoms with Gasteiger partial charge in [0.05, 0.1) is 6.20 Å². The third-order valence-electron chi connectivity index (χ3n) is 1.73. The molecule has 2 rings (SSSR count). The molecule has 0 bridgehead atoms. The number of hydrogen-bond donors (Lipinski definition) is 0. The van der Waals surface area contributed by atoms with Crippen molar-refractivity contribution in [2.45, 2.75) is 0 Å². The van der Waals surface area contributed by atoms with Gasteiger partial charge in [0.15, 0.2) is 0 Å². The van der Waals surface area contributed by atoms with E-state index in [0.29, 0.717) is 10.0 Å². The Morgan fingerprint density at radius 3 is 2.35 bits per heavy atom. The number of nitrogens with zero attached hydrogens (tertiary/aromatic N) is 2. The molecular formula is C10H4Cl3FN2O. The minimum absolute atomic E-state index is 0.116. The van der Waals surface area contributed by atoms with Crippen LogP contribution in [-0.2, 0) is 0 Å². The van der Waals surface area contributed by atoms with Crippen LogP contribution in [0.5, 0.6) is 11.6 Å². The van der Waals surface area contributed by atoms with Crippen molar-refractivity contribution in [1.82, 2.24) is 9.97 Å². The minimum Gasteiger partial charge on any atom is -0.436 e. The molecule has 0 aliphatic carbocycles. The van der Waals surface area contributed by atoms with Crippen LogP contribution in [0, 0.1) is 5.82 Å². The summed E-state index contributed by atoms with van der Waals surface area (Å²) in [6.07, 6.45) is 0.914. The fourth-order valence-electron chi connectivity index (χ4n) is 1.10. The summed E-state index contributed by atoms with van der Waals surface area (Å²) in [5.74, 6) is -0.759. The minimum atomic E-state index is -0.731. The second kappa shape index (κ2) is 5.04. The SMILES string of the molecule is Fc1cnc(Cl)nc1Oc1cc(Cl)cc(Cl)c1. The van der Waals surface area contributed by atoms with Gasteiger partial charge in [-0.1, -0.05) is 23.2 Å². The molecule has 0 atom stereocenters. The quantitative estimate of drug-likeness (QED) is 0.771. The maximum absolute atomic E-state index is 13.3. The molecule has 7 heteroatoms. The highest BCUT2D eigenvalue weighted by atomic mass is 35.5. The number of halogens is 4. The summed E-state index contributed by atoms with van der Waals surface area (Å²) >= 11 is 17.1. The Labute approximate surface area is 111 Å². The van der Waals surface area contributed by atoms with Gasteiger partial charge in [0.2, 0.25) is 11.1 Å². The van der Waals surface area contributed by atoms with Gasteiger partial charge < -0.3 is 4.74 Å². The van der Waals surface area contributed by atoms with Crippen LogP contribution in [0.15, 0.2) is 24.4 Å². The lowest BCUT2D eigenvalue weighted by Crippen LogP contribution is -1.94. The predicted octanol–water partition coefficient (Wildman–Crippen LogP) is 4.37. The highest BCUT2D eigenvalue weighted by Gasteiger charge is 2.09. The molecule has 0 aliphatic heterocycles. The smallest absolute Gasteiger partial charge is 0.260 e. The number of rotatable bonds is 2. The monoisotopic (exact) mass is 292 g/mol. The van der Waals surface area contributed by atoms with E-state index in [-0.39, 0.29) is 16.9 Å². The average Bonchev–Trinajstić information content (AvgIpc) is 2.22. The van der Waals surface area contributed by atoms with Crippen molar-refractivity contribution in [3.05, 3.63) is 45.5 Å². The summed E-state index contributed by atoms with van der Waals surface area (Å²) in [5, 5.41) is 0.621. The summed E-state index contributed by atoms with van der Waals surface area (Å²) in [5.41, 5.74) is 0. The van der Waals surface area contributed by atoms with E-state index in [9.17, 15) is 4.39 Å². The van der Waals surface area contributed by atoms with Crippen molar-refractivity contribution in [3.63, 3.8) is 0 Å². The van der Waals surface area contributed by atoms with Gasteiger partial charge in [-0.25, -0.2) is 4.98 Å². The second-order valence-corrected chi connectivity index (χ2v) is 4.21. The van der Waals surface area contributed by atoms with Gasteiger partial charge in [0.25, 0.3) is 5.88 Å². The lowest BCUT2D eigenvalue weighted by molar-refractivity contribution is 0.420. The standard InChI is InChI=1S/C10H4Cl3FN2O/c11-5-1-6(12)3-7(2-5)17-9-8(14)4-15-10(13)16-9/h1-4H. The van der Waals surface area contributed by atoms with Crippen molar-refractivity contribution in [3.8, 4) is 11.6 Å². The number of aromatic nitrogens is 2. The molecule has 2 aromatic rings. The van der Waals surface area contributed by atoms with Gasteiger partial charge in [0.1, 0.15) is 5.75 Å². The summed E-state index contributed by atoms with van der Waals surface area (Å²) in [7, 11) is 0. The maximum Gasteiger partial charge on any atom is 0.260 e. The Hall–Kier alpha value is -1.10. The first kappa shape index (κ1) is 12.4. The number of benzene rings is 1. The van der Waals surface area contributed by atoms with Crippen LogP contribution in [-0.4, -0.2) is 9.97 Å². The van der Waals surface area contributed by atoms with Gasteiger partial charge in [-0.2, -0.15) is 9.37 Å². The lowest BCUT2D eigenvalue weighted by atomic mass is 10.3. The molecule has 0 spiro atoms. The molecule has 0 unspecified atom stereocenters. The van der Waals surface area contributed by atoms with Crippen molar-refractivity contribution in [2.24, 2.45) is 0 Å². The molecule has 17 heavy (non-hydrogen) atoms. The second-order valence-electron chi connectivity index (χ2n) is 3.00. The van der Waals surface area contributed by atoms with Crippen LogP contribution in [0.3, 0.4) is 0 Å². The van der Waals surface area contributed by atoms with Gasteiger partial charge in [-0.3, -0.25) is 0 Å². The van der Waals surface area contributed by atoms with Crippen molar-refractivity contribution >= 4 is 34.8 Å². The Bertz CT molecular complexity index is 545. The van der Waals surface area contributed by atoms with Gasteiger partial charge >= 0.3 is 0 Å². The molecular weight excluding hydrogens is 289 g/mol. The van der Waals surface area contributed by atoms with Crippen LogP contribution in [0.4, 0.5) is 4.39 Å². The molecule has 0 amide bonds. The molecule has 0 radical (unpaired) electrons. The lowest BCUT2D eigenvalue weighted by Gasteiger charge is -2.06. The number of hydrogen-bond acceptors (Lipinski definition) is 3. The highest BCUT2D eigenvalue weighted by Crippen LogP contribution is 2.28. The summed E-state index contributed by atoms with van der Waals surface area (Å²) in [4.78, 5) is 7.06. The molecule has 0 fully saturated rings. The fraction of sp³-hybridized carbons (Fsp3) is 0. The van der Waals surface area contributed by atoms with E-state index in [1.165, 1.54) is 18.2 Å². The van der Waals surface area contributed by atoms with Crippen LogP contribution in [0.25, 0.3) is 0 Å². The van der Waals surface area contributed by atoms with E-state index in [2.05, 4.69) is 9.97 Å². The zero-order chi connectivity index (χ0) is 12.4. The third kappa shape index (κ3) is 3.19. The average molecular weight is 294 g/mol. The van der Waals surface area contributed by atoms with Crippen LogP contribution >= 0.6 is 34.8 Å². The Morgan fingerprint density at radius 2 is 1.71 bits per heavy atom. The van der Waals surface area contributed by atoms with Gasteiger partial charge in [-0.15, -0.1) is 0 Å². The molecule has 1 aromatic carbocycles. The first-order valence-corrected chi connectivity index (χ1v) is 5.50. The van der Waals surface area contributed by atoms with Crippen molar-refractivity contribution in [1.29, 1.82) is 0 Å². The Balaban J connectivity index is 2.34. The molecule has 1 heterocycles. The summed E-state index contributed by atoms with van der Waals surface area (Å²) in [6.45, 7) is 0. The van der Waals surface area contributed by atoms with E-state index in [0.717, 1.165) is 6.20 Å². The largest absolute Gasteiger partial charge is 0.436 e. The van der Waals surface area contributed by atoms with E-state index in [1.54, 1.807) is 0 Å². The molecule has 1 aromatic heterocycles. The van der Waals surface area contributed by atoms with Crippen molar-refractivity contribution in [2.75, 3.05) is 0 Å². The molecule has 3 nitrogen and oxygen atoms in total. The van der Waals surface area contributed by atoms with Crippen LogP contribution < -0.4 is 4.74 Å². The molecule has 88 valence electrons. The normalized spacial score (nSPS) is 10.4. The predicted molar refractivity (Wildman–Crippen MR) is 63.5 cm³/mol. The topological polar surface area (TPSA) is 35.0 Å². The third-order valence-corrected chi connectivity index (χ3v) is 2.35. The number of ether oxygens (including phenoxy) is 1. The first-order chi connectivity index (χ1) is 8.04. The van der Waals surface area contributed by atoms with E-state index >= 15 is 0 Å². The molecule has 0 aliphatic rings. The van der Waals surface area contributed by atoms with Gasteiger partial charge in [0, 0.05) is 10.0 Å². The molecule has 0 saturated carbocycles. The zero-order valence-electron chi connectivity index (χ0n) is 8.12. The van der Waals surface area contributed by atoms with Crippen LogP contribution in [0.2, 0.25) is 15.3 Å². The van der Waals surface area contributed by atoms with E-state index in [4.69, 9.17) is 39.5 Å². The molecule has 0 saturated heterocycles. The Morgan fingerprint density at radius 1 is 1.06 bits per heavy atom. The highest BCUT2D eigenvalue weighted by molar-refractivity contribution is 6.34. The van der Waals surface area contributed by atoms with E-state index < -0.39 is 5.82 Å².